The first-order valence-corrected chi connectivity index (χ1v) is 7.34. The van der Waals surface area contributed by atoms with Crippen LogP contribution in [-0.2, 0) is 17.6 Å². The molecule has 2 aliphatic rings. The van der Waals surface area contributed by atoms with Gasteiger partial charge in [0.2, 0.25) is 0 Å². The molecule has 1 aliphatic carbocycles. The number of fused-ring (bicyclic) bond motifs is 1. The minimum atomic E-state index is -0.260. The topological polar surface area (TPSA) is 49.8 Å². The van der Waals surface area contributed by atoms with E-state index < -0.39 is 0 Å². The van der Waals surface area contributed by atoms with Gasteiger partial charge in [0.25, 0.3) is 5.91 Å². The highest BCUT2D eigenvalue weighted by molar-refractivity contribution is 5.94. The third-order valence-corrected chi connectivity index (χ3v) is 4.32. The molecule has 2 unspecified atom stereocenters. The van der Waals surface area contributed by atoms with Gasteiger partial charge in [0.15, 0.2) is 0 Å². The SMILES string of the molecule is CC1COC(CO)CN1C(=O)c1ccc2c(c1)CCC2. The molecule has 0 spiro atoms. The smallest absolute Gasteiger partial charge is 0.254 e. The number of morpholine rings is 1. The highest BCUT2D eigenvalue weighted by Crippen LogP contribution is 2.24. The molecule has 20 heavy (non-hydrogen) atoms. The Labute approximate surface area is 119 Å². The fraction of sp³-hybridized carbons (Fsp3) is 0.562. The van der Waals surface area contributed by atoms with E-state index in [0.717, 1.165) is 18.4 Å². The number of amides is 1. The van der Waals surface area contributed by atoms with Crippen LogP contribution in [-0.4, -0.2) is 47.8 Å². The molecule has 4 heteroatoms. The minimum absolute atomic E-state index is 0.0410. The first-order chi connectivity index (χ1) is 9.69. The van der Waals surface area contributed by atoms with Crippen molar-refractivity contribution in [1.82, 2.24) is 4.90 Å². The molecule has 0 saturated carbocycles. The number of nitrogens with zero attached hydrogens (tertiary/aromatic N) is 1. The summed E-state index contributed by atoms with van der Waals surface area (Å²) in [6, 6.07) is 6.12. The quantitative estimate of drug-likeness (QED) is 0.887. The van der Waals surface area contributed by atoms with E-state index >= 15 is 0 Å². The van der Waals surface area contributed by atoms with Crippen molar-refractivity contribution < 1.29 is 14.6 Å². The van der Waals surface area contributed by atoms with Gasteiger partial charge in [0, 0.05) is 12.1 Å². The normalized spacial score (nSPS) is 25.6. The van der Waals surface area contributed by atoms with Gasteiger partial charge in [-0.15, -0.1) is 0 Å². The van der Waals surface area contributed by atoms with Crippen molar-refractivity contribution in [2.75, 3.05) is 19.8 Å². The van der Waals surface area contributed by atoms with Crippen molar-refractivity contribution in [1.29, 1.82) is 0 Å². The fourth-order valence-electron chi connectivity index (χ4n) is 3.08. The molecule has 0 aromatic heterocycles. The van der Waals surface area contributed by atoms with Crippen molar-refractivity contribution in [2.45, 2.75) is 38.3 Å². The number of rotatable bonds is 2. The van der Waals surface area contributed by atoms with Crippen molar-refractivity contribution >= 4 is 5.91 Å². The van der Waals surface area contributed by atoms with Crippen LogP contribution in [0.2, 0.25) is 0 Å². The zero-order chi connectivity index (χ0) is 14.1. The molecule has 1 heterocycles. The first kappa shape index (κ1) is 13.6. The third-order valence-electron chi connectivity index (χ3n) is 4.32. The van der Waals surface area contributed by atoms with Gasteiger partial charge < -0.3 is 14.7 Å². The van der Waals surface area contributed by atoms with E-state index in [2.05, 4.69) is 6.07 Å². The molecule has 1 saturated heterocycles. The Morgan fingerprint density at radius 3 is 3.00 bits per heavy atom. The number of carbonyl (C=O) groups is 1. The molecule has 0 radical (unpaired) electrons. The van der Waals surface area contributed by atoms with Crippen molar-refractivity contribution in [2.24, 2.45) is 0 Å². The van der Waals surface area contributed by atoms with Crippen LogP contribution in [0.25, 0.3) is 0 Å². The van der Waals surface area contributed by atoms with Crippen LogP contribution in [0.4, 0.5) is 0 Å². The Bertz CT molecular complexity index is 514. The lowest BCUT2D eigenvalue weighted by Crippen LogP contribution is -2.52. The van der Waals surface area contributed by atoms with Crippen LogP contribution < -0.4 is 0 Å². The van der Waals surface area contributed by atoms with Crippen LogP contribution in [0, 0.1) is 0 Å². The van der Waals surface area contributed by atoms with Gasteiger partial charge in [0.1, 0.15) is 0 Å². The summed E-state index contributed by atoms with van der Waals surface area (Å²) < 4.78 is 5.49. The lowest BCUT2D eigenvalue weighted by molar-refractivity contribution is -0.0667. The Morgan fingerprint density at radius 1 is 1.40 bits per heavy atom. The molecule has 108 valence electrons. The highest BCUT2D eigenvalue weighted by atomic mass is 16.5. The number of aliphatic hydroxyl groups excluding tert-OH is 1. The summed E-state index contributed by atoms with van der Waals surface area (Å²) >= 11 is 0. The van der Waals surface area contributed by atoms with Gasteiger partial charge in [0.05, 0.1) is 25.4 Å². The average Bonchev–Trinajstić information content (AvgIpc) is 2.94. The Balaban J connectivity index is 1.80. The molecule has 4 nitrogen and oxygen atoms in total. The van der Waals surface area contributed by atoms with Gasteiger partial charge >= 0.3 is 0 Å². The van der Waals surface area contributed by atoms with Gasteiger partial charge in [-0.3, -0.25) is 4.79 Å². The van der Waals surface area contributed by atoms with Crippen LogP contribution in [0.1, 0.15) is 34.8 Å². The Kier molecular flexibility index (Phi) is 3.76. The number of aryl methyl sites for hydroxylation is 2. The predicted molar refractivity (Wildman–Crippen MR) is 75.8 cm³/mol. The molecule has 1 fully saturated rings. The zero-order valence-corrected chi connectivity index (χ0v) is 11.8. The van der Waals surface area contributed by atoms with Crippen LogP contribution in [0.3, 0.4) is 0 Å². The molecule has 1 amide bonds. The van der Waals surface area contributed by atoms with E-state index in [1.54, 1.807) is 0 Å². The summed E-state index contributed by atoms with van der Waals surface area (Å²) in [6.45, 7) is 2.90. The number of hydrogen-bond acceptors (Lipinski definition) is 3. The van der Waals surface area contributed by atoms with Crippen LogP contribution >= 0.6 is 0 Å². The van der Waals surface area contributed by atoms with Crippen LogP contribution in [0.5, 0.6) is 0 Å². The van der Waals surface area contributed by atoms with Gasteiger partial charge in [-0.25, -0.2) is 0 Å². The predicted octanol–water partition coefficient (Wildman–Crippen LogP) is 1.40. The molecule has 1 aromatic carbocycles. The fourth-order valence-corrected chi connectivity index (χ4v) is 3.08. The van der Waals surface area contributed by atoms with E-state index in [0.29, 0.717) is 13.2 Å². The van der Waals surface area contributed by atoms with Crippen molar-refractivity contribution in [3.8, 4) is 0 Å². The second-order valence-corrected chi connectivity index (χ2v) is 5.78. The van der Waals surface area contributed by atoms with Gasteiger partial charge in [-0.1, -0.05) is 6.07 Å². The number of carbonyl (C=O) groups excluding carboxylic acids is 1. The Morgan fingerprint density at radius 2 is 2.20 bits per heavy atom. The summed E-state index contributed by atoms with van der Waals surface area (Å²) in [5.41, 5.74) is 3.45. The highest BCUT2D eigenvalue weighted by Gasteiger charge is 2.30. The molecule has 1 aliphatic heterocycles. The molecule has 1 aromatic rings. The van der Waals surface area contributed by atoms with Gasteiger partial charge in [-0.2, -0.15) is 0 Å². The number of ether oxygens (including phenoxy) is 1. The molecule has 3 rings (SSSR count). The maximum absolute atomic E-state index is 12.7. The van der Waals surface area contributed by atoms with E-state index in [1.807, 2.05) is 24.0 Å². The second-order valence-electron chi connectivity index (χ2n) is 5.78. The first-order valence-electron chi connectivity index (χ1n) is 7.34. The molecule has 1 N–H and O–H groups in total. The summed E-state index contributed by atoms with van der Waals surface area (Å²) in [7, 11) is 0. The largest absolute Gasteiger partial charge is 0.394 e. The van der Waals surface area contributed by atoms with E-state index in [9.17, 15) is 9.90 Å². The molecular formula is C16H21NO3. The number of benzene rings is 1. The third kappa shape index (κ3) is 2.45. The zero-order valence-electron chi connectivity index (χ0n) is 11.8. The van der Waals surface area contributed by atoms with Crippen molar-refractivity contribution in [3.63, 3.8) is 0 Å². The average molecular weight is 275 g/mol. The summed E-state index contributed by atoms with van der Waals surface area (Å²) in [6.07, 6.45) is 3.14. The van der Waals surface area contributed by atoms with Gasteiger partial charge in [-0.05, 0) is 49.4 Å². The maximum Gasteiger partial charge on any atom is 0.254 e. The number of hydrogen-bond donors (Lipinski definition) is 1. The van der Waals surface area contributed by atoms with Crippen molar-refractivity contribution in [3.05, 3.63) is 34.9 Å². The van der Waals surface area contributed by atoms with Crippen LogP contribution in [0.15, 0.2) is 18.2 Å². The summed E-state index contributed by atoms with van der Waals surface area (Å²) in [5, 5.41) is 9.21. The lowest BCUT2D eigenvalue weighted by Gasteiger charge is -2.37. The number of aliphatic hydroxyl groups is 1. The minimum Gasteiger partial charge on any atom is -0.394 e. The summed E-state index contributed by atoms with van der Waals surface area (Å²) in [5.74, 6) is 0.0500. The summed E-state index contributed by atoms with van der Waals surface area (Å²) in [4.78, 5) is 14.5. The molecular weight excluding hydrogens is 254 g/mol. The second kappa shape index (κ2) is 5.54. The Hall–Kier alpha value is -1.39. The lowest BCUT2D eigenvalue weighted by atomic mass is 10.0. The van der Waals surface area contributed by atoms with E-state index in [4.69, 9.17) is 4.74 Å². The maximum atomic E-state index is 12.7. The van der Waals surface area contributed by atoms with E-state index in [1.165, 1.54) is 17.5 Å². The monoisotopic (exact) mass is 275 g/mol. The van der Waals surface area contributed by atoms with E-state index in [-0.39, 0.29) is 24.7 Å². The standard InChI is InChI=1S/C16H21NO3/c1-11-10-20-15(9-18)8-17(11)16(19)14-6-5-12-3-2-4-13(12)7-14/h5-7,11,15,18H,2-4,8-10H2,1H3. The molecule has 0 bridgehead atoms. The molecule has 2 atom stereocenters.